The number of halogens is 1. The summed E-state index contributed by atoms with van der Waals surface area (Å²) < 4.78 is 5.31. The molecule has 0 bridgehead atoms. The lowest BCUT2D eigenvalue weighted by Gasteiger charge is -2.21. The summed E-state index contributed by atoms with van der Waals surface area (Å²) in [4.78, 5) is 31.3. The second kappa shape index (κ2) is 6.42. The van der Waals surface area contributed by atoms with Gasteiger partial charge in [0, 0.05) is 10.6 Å². The van der Waals surface area contributed by atoms with Gasteiger partial charge in [-0.3, -0.25) is 9.69 Å². The van der Waals surface area contributed by atoms with E-state index in [0.29, 0.717) is 17.3 Å². The van der Waals surface area contributed by atoms with Gasteiger partial charge in [-0.15, -0.1) is 0 Å². The van der Waals surface area contributed by atoms with E-state index < -0.39 is 11.6 Å². The lowest BCUT2D eigenvalue weighted by Crippen LogP contribution is -2.41. The lowest BCUT2D eigenvalue weighted by atomic mass is 9.92. The first-order valence-corrected chi connectivity index (χ1v) is 9.67. The molecule has 5 rings (SSSR count). The van der Waals surface area contributed by atoms with E-state index in [2.05, 4.69) is 15.5 Å². The van der Waals surface area contributed by atoms with Crippen LogP contribution in [0.2, 0.25) is 5.02 Å². The van der Waals surface area contributed by atoms with Gasteiger partial charge >= 0.3 is 6.03 Å². The smallest absolute Gasteiger partial charge is 0.325 e. The molecule has 3 aromatic rings. The van der Waals surface area contributed by atoms with Crippen LogP contribution < -0.4 is 5.32 Å². The van der Waals surface area contributed by atoms with Gasteiger partial charge in [-0.25, -0.2) is 4.79 Å². The molecule has 1 aliphatic carbocycles. The van der Waals surface area contributed by atoms with Gasteiger partial charge in [-0.1, -0.05) is 47.1 Å². The van der Waals surface area contributed by atoms with Crippen LogP contribution >= 0.6 is 11.6 Å². The molecule has 2 heterocycles. The van der Waals surface area contributed by atoms with Gasteiger partial charge < -0.3 is 9.84 Å². The van der Waals surface area contributed by atoms with E-state index in [-0.39, 0.29) is 18.3 Å². The molecule has 1 aliphatic heterocycles. The Balaban J connectivity index is 1.42. The minimum Gasteiger partial charge on any atom is -0.337 e. The summed E-state index contributed by atoms with van der Waals surface area (Å²) in [5, 5.41) is 7.44. The maximum Gasteiger partial charge on any atom is 0.325 e. The largest absolute Gasteiger partial charge is 0.337 e. The molecule has 3 amide bonds. The van der Waals surface area contributed by atoms with Gasteiger partial charge in [-0.05, 0) is 48.6 Å². The first kappa shape index (κ1) is 17.9. The molecule has 1 atom stereocenters. The highest BCUT2D eigenvalue weighted by Gasteiger charge is 2.55. The Kier molecular flexibility index (Phi) is 3.96. The average Bonchev–Trinajstić information content (AvgIpc) is 3.39. The Bertz CT molecular complexity index is 1160. The lowest BCUT2D eigenvalue weighted by molar-refractivity contribution is -0.132. The van der Waals surface area contributed by atoms with Crippen LogP contribution in [0.1, 0.15) is 29.0 Å². The second-order valence-electron chi connectivity index (χ2n) is 7.35. The minimum atomic E-state index is -1.000. The minimum absolute atomic E-state index is 0.0821. The quantitative estimate of drug-likeness (QED) is 0.669. The fraction of sp³-hybridized carbons (Fsp3) is 0.238. The standard InChI is InChI=1S/C21H17ClN4O3/c1-12-6-7-14(22)10-15(12)18-23-17(29-25-18)11-26-19(27)21(24-20(26)28)9-8-13-4-2-3-5-16(13)21/h2-7,10H,8-9,11H2,1H3,(H,24,28). The SMILES string of the molecule is Cc1ccc(Cl)cc1-c1noc(CN2C(=O)NC3(CCc4ccccc43)C2=O)n1. The van der Waals surface area contributed by atoms with Gasteiger partial charge in [0.2, 0.25) is 11.7 Å². The van der Waals surface area contributed by atoms with E-state index in [9.17, 15) is 9.59 Å². The summed E-state index contributed by atoms with van der Waals surface area (Å²) in [6, 6.07) is 12.7. The molecule has 1 spiro atoms. The monoisotopic (exact) mass is 408 g/mol. The zero-order valence-electron chi connectivity index (χ0n) is 15.6. The van der Waals surface area contributed by atoms with Crippen LogP contribution in [0.5, 0.6) is 0 Å². The second-order valence-corrected chi connectivity index (χ2v) is 7.79. The molecule has 1 fully saturated rings. The van der Waals surface area contributed by atoms with Crippen molar-refractivity contribution in [3.8, 4) is 11.4 Å². The van der Waals surface area contributed by atoms with Crippen LogP contribution in [0.25, 0.3) is 11.4 Å². The first-order valence-electron chi connectivity index (χ1n) is 9.29. The highest BCUT2D eigenvalue weighted by molar-refractivity contribution is 6.30. The van der Waals surface area contributed by atoms with E-state index in [1.54, 1.807) is 12.1 Å². The number of hydrogen-bond acceptors (Lipinski definition) is 5. The third kappa shape index (κ3) is 2.73. The van der Waals surface area contributed by atoms with Crippen LogP contribution in [-0.2, 0) is 23.3 Å². The van der Waals surface area contributed by atoms with Crippen LogP contribution in [0.3, 0.4) is 0 Å². The predicted octanol–water partition coefficient (Wildman–Crippen LogP) is 3.59. The average molecular weight is 409 g/mol. The summed E-state index contributed by atoms with van der Waals surface area (Å²) >= 11 is 6.07. The van der Waals surface area contributed by atoms with Crippen LogP contribution in [0.4, 0.5) is 4.79 Å². The molecule has 0 saturated carbocycles. The number of urea groups is 1. The van der Waals surface area contributed by atoms with Crippen molar-refractivity contribution in [1.82, 2.24) is 20.4 Å². The molecule has 1 aromatic heterocycles. The zero-order chi connectivity index (χ0) is 20.2. The van der Waals surface area contributed by atoms with Crippen LogP contribution in [0, 0.1) is 6.92 Å². The van der Waals surface area contributed by atoms with E-state index >= 15 is 0 Å². The van der Waals surface area contributed by atoms with Gasteiger partial charge in [-0.2, -0.15) is 4.98 Å². The van der Waals surface area contributed by atoms with Gasteiger partial charge in [0.25, 0.3) is 5.91 Å². The van der Waals surface area contributed by atoms with Crippen molar-refractivity contribution in [3.05, 3.63) is 70.1 Å². The van der Waals surface area contributed by atoms with Crippen molar-refractivity contribution in [1.29, 1.82) is 0 Å². The molecule has 8 heteroatoms. The highest BCUT2D eigenvalue weighted by atomic mass is 35.5. The number of rotatable bonds is 3. The van der Waals surface area contributed by atoms with Crippen LogP contribution in [0.15, 0.2) is 47.0 Å². The Hall–Kier alpha value is -3.19. The number of imide groups is 1. The molecule has 1 N–H and O–H groups in total. The van der Waals surface area contributed by atoms with Crippen molar-refractivity contribution >= 4 is 23.5 Å². The van der Waals surface area contributed by atoms with E-state index in [4.69, 9.17) is 16.1 Å². The Morgan fingerprint density at radius 3 is 2.93 bits per heavy atom. The van der Waals surface area contributed by atoms with Crippen molar-refractivity contribution in [3.63, 3.8) is 0 Å². The van der Waals surface area contributed by atoms with E-state index in [0.717, 1.165) is 33.6 Å². The number of fused-ring (bicyclic) bond motifs is 2. The molecule has 1 saturated heterocycles. The molecular weight excluding hydrogens is 392 g/mol. The van der Waals surface area contributed by atoms with Crippen molar-refractivity contribution in [2.75, 3.05) is 0 Å². The zero-order valence-corrected chi connectivity index (χ0v) is 16.4. The van der Waals surface area contributed by atoms with Crippen molar-refractivity contribution in [2.45, 2.75) is 31.8 Å². The maximum atomic E-state index is 13.2. The number of nitrogens with one attached hydrogen (secondary N) is 1. The Labute approximate surface area is 171 Å². The molecule has 29 heavy (non-hydrogen) atoms. The molecule has 7 nitrogen and oxygen atoms in total. The third-order valence-corrected chi connectivity index (χ3v) is 5.86. The summed E-state index contributed by atoms with van der Waals surface area (Å²) in [5.41, 5.74) is 2.63. The number of carbonyl (C=O) groups is 2. The maximum absolute atomic E-state index is 13.2. The summed E-state index contributed by atoms with van der Waals surface area (Å²) in [6.45, 7) is 1.83. The number of aromatic nitrogens is 2. The third-order valence-electron chi connectivity index (χ3n) is 5.62. The Morgan fingerprint density at radius 1 is 1.24 bits per heavy atom. The Morgan fingerprint density at radius 2 is 2.07 bits per heavy atom. The molecule has 2 aromatic carbocycles. The number of aryl methyl sites for hydroxylation is 2. The summed E-state index contributed by atoms with van der Waals surface area (Å²) in [5.74, 6) is 0.269. The molecule has 1 unspecified atom stereocenters. The van der Waals surface area contributed by atoms with E-state index in [1.165, 1.54) is 0 Å². The number of hydrogen-bond donors (Lipinski definition) is 1. The molecule has 146 valence electrons. The topological polar surface area (TPSA) is 88.3 Å². The number of benzene rings is 2. The number of nitrogens with zero attached hydrogens (tertiary/aromatic N) is 3. The summed E-state index contributed by atoms with van der Waals surface area (Å²) in [6.07, 6.45) is 1.29. The molecular formula is C21H17ClN4O3. The fourth-order valence-corrected chi connectivity index (χ4v) is 4.30. The highest BCUT2D eigenvalue weighted by Crippen LogP contribution is 2.41. The van der Waals surface area contributed by atoms with Crippen molar-refractivity contribution in [2.24, 2.45) is 0 Å². The van der Waals surface area contributed by atoms with Gasteiger partial charge in [0.15, 0.2) is 0 Å². The van der Waals surface area contributed by atoms with Crippen LogP contribution in [-0.4, -0.2) is 27.0 Å². The predicted molar refractivity (Wildman–Crippen MR) is 105 cm³/mol. The van der Waals surface area contributed by atoms with E-state index in [1.807, 2.05) is 37.3 Å². The first-order chi connectivity index (χ1) is 14.0. The number of carbonyl (C=O) groups excluding carboxylic acids is 2. The normalized spacial score (nSPS) is 20.4. The molecule has 2 aliphatic rings. The van der Waals surface area contributed by atoms with Gasteiger partial charge in [0.1, 0.15) is 12.1 Å². The number of amides is 3. The molecule has 0 radical (unpaired) electrons. The summed E-state index contributed by atoms with van der Waals surface area (Å²) in [7, 11) is 0. The fourth-order valence-electron chi connectivity index (χ4n) is 4.13. The van der Waals surface area contributed by atoms with Gasteiger partial charge in [0.05, 0.1) is 0 Å². The van der Waals surface area contributed by atoms with Crippen molar-refractivity contribution < 1.29 is 14.1 Å².